The van der Waals surface area contributed by atoms with Crippen LogP contribution in [-0.4, -0.2) is 23.3 Å². The van der Waals surface area contributed by atoms with Crippen LogP contribution in [0, 0.1) is 0 Å². The highest BCUT2D eigenvalue weighted by Crippen LogP contribution is 2.26. The largest absolute Gasteiger partial charge is 0.504 e. The second-order valence-electron chi connectivity index (χ2n) is 2.60. The van der Waals surface area contributed by atoms with E-state index in [1.165, 1.54) is 19.3 Å². The second kappa shape index (κ2) is 6.04. The number of hydrogen-bond acceptors (Lipinski definition) is 3. The Kier molecular flexibility index (Phi) is 5.42. The molecule has 5 heteroatoms. The number of aromatic hydroxyl groups is 1. The number of phenolic OH excluding ortho intramolecular Hbond substituents is 1. The monoisotopic (exact) mass is 228 g/mol. The minimum atomic E-state index is -1.02. The summed E-state index contributed by atoms with van der Waals surface area (Å²) < 4.78 is 4.86. The van der Waals surface area contributed by atoms with Crippen LogP contribution in [0.2, 0.25) is 0 Å². The summed E-state index contributed by atoms with van der Waals surface area (Å²) in [7, 11) is 1.43. The van der Waals surface area contributed by atoms with Gasteiger partial charge in [0.25, 0.3) is 0 Å². The number of carboxylic acids is 1. The molecular formula is C10H13O4P. The first-order valence-corrected chi connectivity index (χ1v) is 3.91. The highest BCUT2D eigenvalue weighted by molar-refractivity contribution is 6.92. The topological polar surface area (TPSA) is 66.8 Å². The van der Waals surface area contributed by atoms with Crippen molar-refractivity contribution in [2.24, 2.45) is 0 Å². The van der Waals surface area contributed by atoms with Crippen molar-refractivity contribution in [2.75, 3.05) is 7.11 Å². The molecule has 0 aliphatic rings. The lowest BCUT2D eigenvalue weighted by atomic mass is 10.2. The number of rotatable bonds is 3. The summed E-state index contributed by atoms with van der Waals surface area (Å²) in [6.45, 7) is 0. The van der Waals surface area contributed by atoms with Gasteiger partial charge in [0.15, 0.2) is 11.5 Å². The first-order valence-electron chi connectivity index (χ1n) is 3.91. The lowest BCUT2D eigenvalue weighted by molar-refractivity contribution is -0.131. The first-order chi connectivity index (χ1) is 6.63. The van der Waals surface area contributed by atoms with Gasteiger partial charge in [-0.1, -0.05) is 6.07 Å². The standard InChI is InChI=1S/C10H10O4.H3P/c1-14-9-6-7(2-4-8(9)11)3-5-10(12)13;/h2-6,11H,1H3,(H,12,13);1H3/b5-3+;. The first kappa shape index (κ1) is 13.5. The third-order valence-electron chi connectivity index (χ3n) is 1.62. The molecule has 1 aromatic carbocycles. The molecule has 2 N–H and O–H groups in total. The summed E-state index contributed by atoms with van der Waals surface area (Å²) in [4.78, 5) is 10.2. The van der Waals surface area contributed by atoms with E-state index < -0.39 is 5.97 Å². The molecule has 0 saturated heterocycles. The van der Waals surface area contributed by atoms with Gasteiger partial charge in [-0.15, -0.1) is 0 Å². The SMILES string of the molecule is COc1cc(/C=C/C(=O)O)ccc1O.P. The smallest absolute Gasteiger partial charge is 0.328 e. The molecule has 0 radical (unpaired) electrons. The molecule has 1 atom stereocenters. The summed E-state index contributed by atoms with van der Waals surface area (Å²) in [5, 5.41) is 17.6. The van der Waals surface area contributed by atoms with E-state index in [1.54, 1.807) is 12.1 Å². The molecule has 4 nitrogen and oxygen atoms in total. The Morgan fingerprint density at radius 1 is 1.47 bits per heavy atom. The normalized spacial score (nSPS) is 9.67. The van der Waals surface area contributed by atoms with E-state index in [0.29, 0.717) is 11.3 Å². The van der Waals surface area contributed by atoms with Crippen molar-refractivity contribution in [3.05, 3.63) is 29.8 Å². The number of hydrogen-bond donors (Lipinski definition) is 2. The molecular weight excluding hydrogens is 215 g/mol. The summed E-state index contributed by atoms with van der Waals surface area (Å²) in [6.07, 6.45) is 2.44. The maximum atomic E-state index is 10.2. The van der Waals surface area contributed by atoms with Crippen LogP contribution >= 0.6 is 9.90 Å². The van der Waals surface area contributed by atoms with Gasteiger partial charge in [0.05, 0.1) is 7.11 Å². The predicted molar refractivity (Wildman–Crippen MR) is 62.4 cm³/mol. The number of aliphatic carboxylic acids is 1. The fourth-order valence-corrected chi connectivity index (χ4v) is 0.965. The minimum absolute atomic E-state index is 0. The number of carboxylic acid groups (broad SMARTS) is 1. The predicted octanol–water partition coefficient (Wildman–Crippen LogP) is 1.56. The molecule has 0 saturated carbocycles. The Morgan fingerprint density at radius 2 is 2.13 bits per heavy atom. The van der Waals surface area contributed by atoms with E-state index in [4.69, 9.17) is 9.84 Å². The van der Waals surface area contributed by atoms with Crippen LogP contribution in [0.3, 0.4) is 0 Å². The Morgan fingerprint density at radius 3 is 2.67 bits per heavy atom. The van der Waals surface area contributed by atoms with Crippen molar-refractivity contribution in [1.82, 2.24) is 0 Å². The van der Waals surface area contributed by atoms with Gasteiger partial charge in [-0.2, -0.15) is 9.90 Å². The minimum Gasteiger partial charge on any atom is -0.504 e. The van der Waals surface area contributed by atoms with Crippen molar-refractivity contribution in [1.29, 1.82) is 0 Å². The Bertz CT molecular complexity index is 374. The van der Waals surface area contributed by atoms with Crippen LogP contribution < -0.4 is 4.74 Å². The van der Waals surface area contributed by atoms with E-state index in [2.05, 4.69) is 0 Å². The van der Waals surface area contributed by atoms with E-state index >= 15 is 0 Å². The molecule has 0 heterocycles. The molecule has 0 aromatic heterocycles. The van der Waals surface area contributed by atoms with Crippen molar-refractivity contribution in [3.8, 4) is 11.5 Å². The summed E-state index contributed by atoms with van der Waals surface area (Å²) in [5.74, 6) is -0.672. The van der Waals surface area contributed by atoms with E-state index in [9.17, 15) is 9.90 Å². The molecule has 0 aliphatic heterocycles. The van der Waals surface area contributed by atoms with Crippen molar-refractivity contribution in [2.45, 2.75) is 0 Å². The second-order valence-corrected chi connectivity index (χ2v) is 2.60. The van der Waals surface area contributed by atoms with Gasteiger partial charge in [-0.25, -0.2) is 4.79 Å². The maximum Gasteiger partial charge on any atom is 0.328 e. The van der Waals surface area contributed by atoms with E-state index in [1.807, 2.05) is 0 Å². The van der Waals surface area contributed by atoms with Gasteiger partial charge in [-0.05, 0) is 23.8 Å². The summed E-state index contributed by atoms with van der Waals surface area (Å²) in [6, 6.07) is 4.59. The fourth-order valence-electron chi connectivity index (χ4n) is 0.965. The molecule has 1 unspecified atom stereocenters. The molecule has 1 rings (SSSR count). The Hall–Kier alpha value is -1.54. The fraction of sp³-hybridized carbons (Fsp3) is 0.100. The van der Waals surface area contributed by atoms with Crippen LogP contribution in [-0.2, 0) is 4.79 Å². The van der Waals surface area contributed by atoms with Crippen LogP contribution in [0.5, 0.6) is 11.5 Å². The van der Waals surface area contributed by atoms with Crippen LogP contribution in [0.1, 0.15) is 5.56 Å². The van der Waals surface area contributed by atoms with Crippen LogP contribution in [0.15, 0.2) is 24.3 Å². The van der Waals surface area contributed by atoms with Gasteiger partial charge in [-0.3, -0.25) is 0 Å². The highest BCUT2D eigenvalue weighted by atomic mass is 31.0. The summed E-state index contributed by atoms with van der Waals surface area (Å²) in [5.41, 5.74) is 0.655. The van der Waals surface area contributed by atoms with Crippen molar-refractivity contribution in [3.63, 3.8) is 0 Å². The number of benzene rings is 1. The molecule has 0 bridgehead atoms. The van der Waals surface area contributed by atoms with Gasteiger partial charge in [0.1, 0.15) is 0 Å². The van der Waals surface area contributed by atoms with Gasteiger partial charge in [0, 0.05) is 6.08 Å². The number of ether oxygens (including phenoxy) is 1. The molecule has 0 amide bonds. The van der Waals surface area contributed by atoms with Crippen LogP contribution in [0.4, 0.5) is 0 Å². The molecule has 0 fully saturated rings. The maximum absolute atomic E-state index is 10.2. The lowest BCUT2D eigenvalue weighted by Gasteiger charge is -2.03. The molecule has 1 aromatic rings. The van der Waals surface area contributed by atoms with E-state index in [-0.39, 0.29) is 15.6 Å². The van der Waals surface area contributed by atoms with Gasteiger partial charge < -0.3 is 14.9 Å². The zero-order chi connectivity index (χ0) is 10.6. The Balaban J connectivity index is 0.00000196. The molecule has 0 aliphatic carbocycles. The quantitative estimate of drug-likeness (QED) is 0.608. The number of carbonyl (C=O) groups is 1. The molecule has 82 valence electrons. The van der Waals surface area contributed by atoms with Crippen LogP contribution in [0.25, 0.3) is 6.08 Å². The third-order valence-corrected chi connectivity index (χ3v) is 1.62. The Labute approximate surface area is 90.8 Å². The van der Waals surface area contributed by atoms with Gasteiger partial charge >= 0.3 is 5.97 Å². The average Bonchev–Trinajstić information content (AvgIpc) is 2.16. The molecule has 15 heavy (non-hydrogen) atoms. The average molecular weight is 228 g/mol. The number of methoxy groups -OCH3 is 1. The third kappa shape index (κ3) is 4.00. The zero-order valence-electron chi connectivity index (χ0n) is 8.30. The summed E-state index contributed by atoms with van der Waals surface area (Å²) >= 11 is 0. The highest BCUT2D eigenvalue weighted by Gasteiger charge is 2.00. The van der Waals surface area contributed by atoms with Crippen molar-refractivity contribution < 1.29 is 19.7 Å². The molecule has 0 spiro atoms. The van der Waals surface area contributed by atoms with Crippen molar-refractivity contribution >= 4 is 21.9 Å². The zero-order valence-corrected chi connectivity index (χ0v) is 9.72. The number of phenols is 1. The lowest BCUT2D eigenvalue weighted by Crippen LogP contribution is -1.87. The van der Waals surface area contributed by atoms with Gasteiger partial charge in [0.2, 0.25) is 0 Å². The van der Waals surface area contributed by atoms with E-state index in [0.717, 1.165) is 6.08 Å².